The molecule has 5 nitrogen and oxygen atoms in total. The average molecular weight is 272 g/mol. The summed E-state index contributed by atoms with van der Waals surface area (Å²) >= 11 is 0. The molecule has 0 aromatic carbocycles. The Hall–Kier alpha value is -2.30. The molecule has 1 amide bonds. The summed E-state index contributed by atoms with van der Waals surface area (Å²) < 4.78 is 1.88. The highest BCUT2D eigenvalue weighted by Crippen LogP contribution is 2.16. The molecule has 0 aliphatic heterocycles. The minimum Gasteiger partial charge on any atom is -0.397 e. The zero-order valence-electron chi connectivity index (χ0n) is 11.8. The van der Waals surface area contributed by atoms with Crippen LogP contribution in [0.25, 0.3) is 0 Å². The van der Waals surface area contributed by atoms with Crippen molar-refractivity contribution < 1.29 is 4.79 Å². The Morgan fingerprint density at radius 1 is 1.50 bits per heavy atom. The van der Waals surface area contributed by atoms with Gasteiger partial charge < -0.3 is 15.6 Å². The number of nitrogen functional groups attached to an aromatic ring is 1. The average Bonchev–Trinajstić information content (AvgIpc) is 2.82. The van der Waals surface area contributed by atoms with Gasteiger partial charge in [0.25, 0.3) is 5.91 Å². The highest BCUT2D eigenvalue weighted by atomic mass is 16.1. The number of rotatable bonds is 5. The minimum absolute atomic E-state index is 0.0979. The minimum atomic E-state index is -0.0979. The number of carbonyl (C=O) groups is 1. The maximum Gasteiger partial charge on any atom is 0.268 e. The van der Waals surface area contributed by atoms with Crippen LogP contribution in [-0.2, 0) is 6.42 Å². The van der Waals surface area contributed by atoms with E-state index in [1.165, 1.54) is 0 Å². The van der Waals surface area contributed by atoms with E-state index in [4.69, 9.17) is 5.73 Å². The van der Waals surface area contributed by atoms with Gasteiger partial charge in [0.2, 0.25) is 0 Å². The fourth-order valence-electron chi connectivity index (χ4n) is 2.07. The molecular formula is C15H20N4O. The molecule has 0 saturated heterocycles. The van der Waals surface area contributed by atoms with Gasteiger partial charge in [-0.1, -0.05) is 6.07 Å². The second kappa shape index (κ2) is 6.23. The Labute approximate surface area is 118 Å². The van der Waals surface area contributed by atoms with Crippen LogP contribution >= 0.6 is 0 Å². The van der Waals surface area contributed by atoms with E-state index in [9.17, 15) is 4.79 Å². The van der Waals surface area contributed by atoms with Crippen molar-refractivity contribution in [3.05, 3.63) is 48.0 Å². The smallest absolute Gasteiger partial charge is 0.268 e. The van der Waals surface area contributed by atoms with Gasteiger partial charge in [-0.15, -0.1) is 0 Å². The molecule has 3 N–H and O–H groups in total. The molecule has 2 rings (SSSR count). The summed E-state index contributed by atoms with van der Waals surface area (Å²) in [5, 5.41) is 2.91. The summed E-state index contributed by atoms with van der Waals surface area (Å²) in [7, 11) is 0. The molecule has 106 valence electrons. The number of aromatic nitrogens is 2. The van der Waals surface area contributed by atoms with Crippen LogP contribution in [0, 0.1) is 0 Å². The van der Waals surface area contributed by atoms with Gasteiger partial charge in [0.15, 0.2) is 0 Å². The lowest BCUT2D eigenvalue weighted by atomic mass is 10.2. The topological polar surface area (TPSA) is 72.9 Å². The van der Waals surface area contributed by atoms with Gasteiger partial charge in [-0.3, -0.25) is 9.78 Å². The maximum absolute atomic E-state index is 12.2. The lowest BCUT2D eigenvalue weighted by Gasteiger charge is -2.12. The standard InChI is InChI=1S/C15H20N4O/c1-11(2)19-10-13(16)8-14(19)15(20)18-7-5-12-4-3-6-17-9-12/h3-4,6,8-11H,5,7,16H2,1-2H3,(H,18,20). The number of amides is 1. The largest absolute Gasteiger partial charge is 0.397 e. The predicted octanol–water partition coefficient (Wildman–Crippen LogP) is 2.02. The highest BCUT2D eigenvalue weighted by molar-refractivity contribution is 5.93. The second-order valence-corrected chi connectivity index (χ2v) is 5.03. The number of nitrogens with one attached hydrogen (secondary N) is 1. The van der Waals surface area contributed by atoms with Crippen LogP contribution in [0.4, 0.5) is 5.69 Å². The van der Waals surface area contributed by atoms with Crippen molar-refractivity contribution in [2.24, 2.45) is 0 Å². The van der Waals surface area contributed by atoms with E-state index < -0.39 is 0 Å². The molecule has 0 unspecified atom stereocenters. The molecule has 0 bridgehead atoms. The lowest BCUT2D eigenvalue weighted by Crippen LogP contribution is -2.28. The maximum atomic E-state index is 12.2. The van der Waals surface area contributed by atoms with E-state index >= 15 is 0 Å². The molecular weight excluding hydrogens is 252 g/mol. The van der Waals surface area contributed by atoms with Crippen LogP contribution in [-0.4, -0.2) is 22.0 Å². The van der Waals surface area contributed by atoms with E-state index in [-0.39, 0.29) is 11.9 Å². The monoisotopic (exact) mass is 272 g/mol. The first-order chi connectivity index (χ1) is 9.58. The Kier molecular flexibility index (Phi) is 4.40. The van der Waals surface area contributed by atoms with Gasteiger partial charge in [-0.05, 0) is 38.0 Å². The zero-order chi connectivity index (χ0) is 14.5. The molecule has 0 spiro atoms. The van der Waals surface area contributed by atoms with Gasteiger partial charge in [-0.25, -0.2) is 0 Å². The molecule has 2 aromatic rings. The fraction of sp³-hybridized carbons (Fsp3) is 0.333. The molecule has 20 heavy (non-hydrogen) atoms. The van der Waals surface area contributed by atoms with Gasteiger partial charge in [0.1, 0.15) is 5.69 Å². The van der Waals surface area contributed by atoms with E-state index in [0.29, 0.717) is 17.9 Å². The van der Waals surface area contributed by atoms with Crippen LogP contribution in [0.1, 0.15) is 35.9 Å². The molecule has 0 aliphatic carbocycles. The summed E-state index contributed by atoms with van der Waals surface area (Å²) in [6.45, 7) is 4.62. The summed E-state index contributed by atoms with van der Waals surface area (Å²) in [4.78, 5) is 16.2. The van der Waals surface area contributed by atoms with Crippen molar-refractivity contribution in [2.75, 3.05) is 12.3 Å². The van der Waals surface area contributed by atoms with Crippen LogP contribution in [0.5, 0.6) is 0 Å². The summed E-state index contributed by atoms with van der Waals surface area (Å²) in [6, 6.07) is 5.79. The quantitative estimate of drug-likeness (QED) is 0.874. The van der Waals surface area contributed by atoms with Crippen molar-refractivity contribution in [2.45, 2.75) is 26.3 Å². The van der Waals surface area contributed by atoms with Crippen LogP contribution in [0.2, 0.25) is 0 Å². The zero-order valence-corrected chi connectivity index (χ0v) is 11.8. The van der Waals surface area contributed by atoms with Crippen molar-refractivity contribution >= 4 is 11.6 Å². The van der Waals surface area contributed by atoms with Gasteiger partial charge in [0, 0.05) is 31.2 Å². The van der Waals surface area contributed by atoms with Gasteiger partial charge in [-0.2, -0.15) is 0 Å². The summed E-state index contributed by atoms with van der Waals surface area (Å²) in [6.07, 6.45) is 6.10. The number of carbonyl (C=O) groups excluding carboxylic acids is 1. The Morgan fingerprint density at radius 2 is 2.30 bits per heavy atom. The lowest BCUT2D eigenvalue weighted by molar-refractivity contribution is 0.0943. The fourth-order valence-corrected chi connectivity index (χ4v) is 2.07. The van der Waals surface area contributed by atoms with Crippen LogP contribution in [0.3, 0.4) is 0 Å². The first-order valence-corrected chi connectivity index (χ1v) is 6.72. The summed E-state index contributed by atoms with van der Waals surface area (Å²) in [5.74, 6) is -0.0979. The number of pyridine rings is 1. The number of hydrogen-bond donors (Lipinski definition) is 2. The number of nitrogens with zero attached hydrogens (tertiary/aromatic N) is 2. The van der Waals surface area contributed by atoms with Crippen molar-refractivity contribution in [3.8, 4) is 0 Å². The van der Waals surface area contributed by atoms with Gasteiger partial charge in [0.05, 0.1) is 5.69 Å². The first-order valence-electron chi connectivity index (χ1n) is 6.72. The number of nitrogens with two attached hydrogens (primary N) is 1. The molecule has 0 saturated carbocycles. The van der Waals surface area contributed by atoms with Crippen molar-refractivity contribution in [1.29, 1.82) is 0 Å². The normalized spacial score (nSPS) is 10.8. The predicted molar refractivity (Wildman–Crippen MR) is 79.5 cm³/mol. The molecule has 0 atom stereocenters. The third-order valence-electron chi connectivity index (χ3n) is 3.08. The number of anilines is 1. The second-order valence-electron chi connectivity index (χ2n) is 5.03. The van der Waals surface area contributed by atoms with E-state index in [2.05, 4.69) is 10.3 Å². The molecule has 0 aliphatic rings. The van der Waals surface area contributed by atoms with Crippen LogP contribution < -0.4 is 11.1 Å². The highest BCUT2D eigenvalue weighted by Gasteiger charge is 2.14. The molecule has 0 fully saturated rings. The molecule has 2 heterocycles. The Bertz CT molecular complexity index is 575. The summed E-state index contributed by atoms with van der Waals surface area (Å²) in [5.41, 5.74) is 8.08. The third kappa shape index (κ3) is 3.38. The Balaban J connectivity index is 1.95. The number of hydrogen-bond acceptors (Lipinski definition) is 3. The molecule has 5 heteroatoms. The third-order valence-corrected chi connectivity index (χ3v) is 3.08. The van der Waals surface area contributed by atoms with Crippen molar-refractivity contribution in [1.82, 2.24) is 14.9 Å². The Morgan fingerprint density at radius 3 is 2.95 bits per heavy atom. The first kappa shape index (κ1) is 14.1. The molecule has 0 radical (unpaired) electrons. The SMILES string of the molecule is CC(C)n1cc(N)cc1C(=O)NCCc1cccnc1. The van der Waals surface area contributed by atoms with Gasteiger partial charge >= 0.3 is 0 Å². The van der Waals surface area contributed by atoms with E-state index in [1.807, 2.05) is 30.5 Å². The molecule has 2 aromatic heterocycles. The van der Waals surface area contributed by atoms with Crippen LogP contribution in [0.15, 0.2) is 36.8 Å². The van der Waals surface area contributed by atoms with Crippen molar-refractivity contribution in [3.63, 3.8) is 0 Å². The van der Waals surface area contributed by atoms with E-state index in [0.717, 1.165) is 12.0 Å². The van der Waals surface area contributed by atoms with E-state index in [1.54, 1.807) is 24.7 Å².